The number of alkyl halides is 3. The lowest BCUT2D eigenvalue weighted by Gasteiger charge is -2.33. The van der Waals surface area contributed by atoms with Crippen molar-refractivity contribution in [1.29, 1.82) is 0 Å². The topological polar surface area (TPSA) is 101 Å². The fourth-order valence-corrected chi connectivity index (χ4v) is 5.05. The van der Waals surface area contributed by atoms with E-state index >= 15 is 0 Å². The summed E-state index contributed by atoms with van der Waals surface area (Å²) in [6.07, 6.45) is -0.293. The molecular formula is C28H31F3N4O6. The largest absolute Gasteiger partial charge is 0.573 e. The number of nitro groups is 1. The molecule has 1 fully saturated rings. The first kappa shape index (κ1) is 28.5. The number of hydrogen-bond acceptors (Lipinski definition) is 8. The number of anilines is 1. The molecule has 1 saturated heterocycles. The number of rotatable bonds is 11. The maximum Gasteiger partial charge on any atom is 0.573 e. The molecule has 220 valence electrons. The zero-order chi connectivity index (χ0) is 29.0. The third-order valence-corrected chi connectivity index (χ3v) is 7.21. The number of hydrogen-bond donors (Lipinski definition) is 0. The number of fused-ring (bicyclic) bond motifs is 1. The maximum atomic E-state index is 12.3. The van der Waals surface area contributed by atoms with Gasteiger partial charge in [0.15, 0.2) is 5.60 Å². The van der Waals surface area contributed by atoms with Crippen molar-refractivity contribution in [2.24, 2.45) is 5.92 Å². The summed E-state index contributed by atoms with van der Waals surface area (Å²) in [4.78, 5) is 16.6. The molecule has 2 aliphatic heterocycles. The lowest BCUT2D eigenvalue weighted by Crippen LogP contribution is -2.38. The van der Waals surface area contributed by atoms with E-state index in [1.165, 1.54) is 18.3 Å². The summed E-state index contributed by atoms with van der Waals surface area (Å²) in [5, 5.41) is 10.9. The SMILES string of the molecule is C[C@]1(COc2ccc(N3CCC(CCOCc4ccc(OC(F)(F)F)cc4)CC3)cc2)Cn2cc([N+](=O)[O-])nc2O1. The number of aromatic nitrogens is 2. The Morgan fingerprint density at radius 1 is 1.10 bits per heavy atom. The van der Waals surface area contributed by atoms with E-state index in [9.17, 15) is 23.3 Å². The average Bonchev–Trinajstić information content (AvgIpc) is 3.46. The Hall–Kier alpha value is -4.00. The van der Waals surface area contributed by atoms with Gasteiger partial charge in [-0.3, -0.25) is 4.57 Å². The molecule has 0 aliphatic carbocycles. The molecular weight excluding hydrogens is 545 g/mol. The second-order valence-electron chi connectivity index (χ2n) is 10.6. The Morgan fingerprint density at radius 3 is 2.41 bits per heavy atom. The van der Waals surface area contributed by atoms with Crippen molar-refractivity contribution in [2.45, 2.75) is 51.3 Å². The van der Waals surface area contributed by atoms with Crippen LogP contribution < -0.4 is 19.1 Å². The highest BCUT2D eigenvalue weighted by Gasteiger charge is 2.41. The van der Waals surface area contributed by atoms with Gasteiger partial charge in [0.2, 0.25) is 0 Å². The van der Waals surface area contributed by atoms with E-state index in [-0.39, 0.29) is 24.2 Å². The van der Waals surface area contributed by atoms with E-state index in [0.29, 0.717) is 31.4 Å². The molecule has 0 N–H and O–H groups in total. The van der Waals surface area contributed by atoms with E-state index in [2.05, 4.69) is 14.6 Å². The van der Waals surface area contributed by atoms with Crippen LogP contribution >= 0.6 is 0 Å². The molecule has 0 amide bonds. The number of benzene rings is 2. The normalized spacial score (nSPS) is 19.1. The van der Waals surface area contributed by atoms with Crippen molar-refractivity contribution in [3.05, 3.63) is 70.4 Å². The molecule has 3 heterocycles. The predicted octanol–water partition coefficient (Wildman–Crippen LogP) is 5.74. The van der Waals surface area contributed by atoms with Crippen molar-refractivity contribution in [3.63, 3.8) is 0 Å². The smallest absolute Gasteiger partial charge is 0.489 e. The first-order chi connectivity index (χ1) is 19.6. The van der Waals surface area contributed by atoms with Crippen LogP contribution in [0.15, 0.2) is 54.7 Å². The highest BCUT2D eigenvalue weighted by Crippen LogP contribution is 2.32. The zero-order valence-corrected chi connectivity index (χ0v) is 22.5. The second kappa shape index (κ2) is 11.9. The Kier molecular flexibility index (Phi) is 8.25. The van der Waals surface area contributed by atoms with Gasteiger partial charge in [-0.2, -0.15) is 0 Å². The van der Waals surface area contributed by atoms with Gasteiger partial charge in [0.25, 0.3) is 0 Å². The predicted molar refractivity (Wildman–Crippen MR) is 142 cm³/mol. The van der Waals surface area contributed by atoms with Crippen molar-refractivity contribution in [1.82, 2.24) is 9.55 Å². The van der Waals surface area contributed by atoms with Crippen LogP contribution in [-0.4, -0.2) is 52.7 Å². The summed E-state index contributed by atoms with van der Waals surface area (Å²) in [6, 6.07) is 13.9. The Balaban J connectivity index is 0.991. The molecule has 1 aromatic heterocycles. The molecule has 0 spiro atoms. The molecule has 0 saturated carbocycles. The van der Waals surface area contributed by atoms with E-state index in [0.717, 1.165) is 43.6 Å². The monoisotopic (exact) mass is 576 g/mol. The average molecular weight is 577 g/mol. The highest BCUT2D eigenvalue weighted by molar-refractivity contribution is 5.49. The standard InChI is InChI=1S/C28H31F3N4O6/c1-27(18-34-16-25(35(36)37)32-26(34)41-27)19-39-23-8-4-22(5-9-23)33-13-10-20(11-14-33)12-15-38-17-21-2-6-24(7-3-21)40-28(29,30)31/h2-9,16,20H,10-15,17-19H2,1H3/t27-/m1/s1. The maximum absolute atomic E-state index is 12.3. The second-order valence-corrected chi connectivity index (χ2v) is 10.6. The van der Waals surface area contributed by atoms with Gasteiger partial charge >= 0.3 is 18.2 Å². The minimum absolute atomic E-state index is 0.223. The van der Waals surface area contributed by atoms with Gasteiger partial charge in [0.05, 0.1) is 13.2 Å². The first-order valence-corrected chi connectivity index (χ1v) is 13.4. The lowest BCUT2D eigenvalue weighted by atomic mass is 9.93. The minimum atomic E-state index is -4.70. The summed E-state index contributed by atoms with van der Waals surface area (Å²) in [7, 11) is 0. The van der Waals surface area contributed by atoms with Crippen LogP contribution in [0.5, 0.6) is 17.5 Å². The first-order valence-electron chi connectivity index (χ1n) is 13.4. The van der Waals surface area contributed by atoms with Gasteiger partial charge < -0.3 is 34.0 Å². The Morgan fingerprint density at radius 2 is 1.78 bits per heavy atom. The molecule has 10 nitrogen and oxygen atoms in total. The van der Waals surface area contributed by atoms with Crippen LogP contribution in [0, 0.1) is 16.0 Å². The zero-order valence-electron chi connectivity index (χ0n) is 22.5. The third kappa shape index (κ3) is 7.60. The molecule has 2 aromatic carbocycles. The lowest BCUT2D eigenvalue weighted by molar-refractivity contribution is -0.389. The minimum Gasteiger partial charge on any atom is -0.489 e. The van der Waals surface area contributed by atoms with Gasteiger partial charge in [-0.1, -0.05) is 12.1 Å². The van der Waals surface area contributed by atoms with E-state index in [1.54, 1.807) is 16.7 Å². The van der Waals surface area contributed by atoms with Crippen LogP contribution in [-0.2, 0) is 17.9 Å². The fraction of sp³-hybridized carbons (Fsp3) is 0.464. The molecule has 0 bridgehead atoms. The molecule has 13 heteroatoms. The van der Waals surface area contributed by atoms with Crippen molar-refractivity contribution in [3.8, 4) is 17.5 Å². The number of nitrogens with zero attached hydrogens (tertiary/aromatic N) is 4. The summed E-state index contributed by atoms with van der Waals surface area (Å²) >= 11 is 0. The summed E-state index contributed by atoms with van der Waals surface area (Å²) in [6.45, 7) is 5.38. The molecule has 5 rings (SSSR count). The molecule has 3 aromatic rings. The number of imidazole rings is 1. The van der Waals surface area contributed by atoms with Crippen molar-refractivity contribution < 1.29 is 37.0 Å². The van der Waals surface area contributed by atoms with Crippen LogP contribution in [0.4, 0.5) is 24.7 Å². The van der Waals surface area contributed by atoms with Crippen LogP contribution in [0.1, 0.15) is 31.7 Å². The quantitative estimate of drug-likeness (QED) is 0.162. The molecule has 2 aliphatic rings. The molecule has 0 unspecified atom stereocenters. The summed E-state index contributed by atoms with van der Waals surface area (Å²) in [5.74, 6) is 0.790. The van der Waals surface area contributed by atoms with Gasteiger partial charge in [-0.05, 0) is 79.0 Å². The van der Waals surface area contributed by atoms with Crippen LogP contribution in [0.3, 0.4) is 0 Å². The number of ether oxygens (including phenoxy) is 4. The van der Waals surface area contributed by atoms with Gasteiger partial charge in [0.1, 0.15) is 24.3 Å². The number of piperidine rings is 1. The molecule has 41 heavy (non-hydrogen) atoms. The Bertz CT molecular complexity index is 1300. The third-order valence-electron chi connectivity index (χ3n) is 7.21. The van der Waals surface area contributed by atoms with E-state index < -0.39 is 16.9 Å². The van der Waals surface area contributed by atoms with E-state index in [4.69, 9.17) is 14.2 Å². The van der Waals surface area contributed by atoms with E-state index in [1.807, 2.05) is 31.2 Å². The Labute approximate surface area is 234 Å². The molecule has 0 radical (unpaired) electrons. The van der Waals surface area contributed by atoms with Crippen LogP contribution in [0.25, 0.3) is 0 Å². The van der Waals surface area contributed by atoms with Gasteiger partial charge in [0, 0.05) is 30.4 Å². The summed E-state index contributed by atoms with van der Waals surface area (Å²) in [5.41, 5.74) is 1.25. The fourth-order valence-electron chi connectivity index (χ4n) is 5.05. The van der Waals surface area contributed by atoms with Crippen molar-refractivity contribution in [2.75, 3.05) is 31.2 Å². The summed E-state index contributed by atoms with van der Waals surface area (Å²) < 4.78 is 59.8. The highest BCUT2D eigenvalue weighted by atomic mass is 19.4. The number of halogens is 3. The van der Waals surface area contributed by atoms with Crippen molar-refractivity contribution >= 4 is 11.5 Å². The van der Waals surface area contributed by atoms with Gasteiger partial charge in [-0.15, -0.1) is 13.2 Å². The molecule has 1 atom stereocenters. The van der Waals surface area contributed by atoms with Gasteiger partial charge in [-0.25, -0.2) is 0 Å². The van der Waals surface area contributed by atoms with Crippen LogP contribution in [0.2, 0.25) is 0 Å².